The molecular formula is C19H18N2OS. The van der Waals surface area contributed by atoms with Gasteiger partial charge in [-0.25, -0.2) is 4.98 Å². The van der Waals surface area contributed by atoms with Crippen molar-refractivity contribution >= 4 is 26.5 Å². The summed E-state index contributed by atoms with van der Waals surface area (Å²) in [6.07, 6.45) is 0. The molecule has 0 amide bonds. The first-order chi connectivity index (χ1) is 11.2. The summed E-state index contributed by atoms with van der Waals surface area (Å²) >= 11 is 1.74. The first-order valence-electron chi connectivity index (χ1n) is 7.79. The predicted molar refractivity (Wildman–Crippen MR) is 96.7 cm³/mol. The third-order valence-corrected chi connectivity index (χ3v) is 5.15. The lowest BCUT2D eigenvalue weighted by Crippen LogP contribution is -1.91. The van der Waals surface area contributed by atoms with Crippen LogP contribution in [0.1, 0.15) is 18.2 Å². The minimum Gasteiger partial charge on any atom is -0.494 e. The molecule has 4 aromatic rings. The van der Waals surface area contributed by atoms with E-state index >= 15 is 0 Å². The van der Waals surface area contributed by atoms with Crippen LogP contribution in [0.5, 0.6) is 5.75 Å². The Morgan fingerprint density at radius 3 is 2.61 bits per heavy atom. The van der Waals surface area contributed by atoms with E-state index in [4.69, 9.17) is 9.72 Å². The molecule has 4 heteroatoms. The monoisotopic (exact) mass is 322 g/mol. The van der Waals surface area contributed by atoms with Crippen molar-refractivity contribution in [3.05, 3.63) is 53.7 Å². The van der Waals surface area contributed by atoms with E-state index in [9.17, 15) is 0 Å². The fraction of sp³-hybridized carbons (Fsp3) is 0.211. The number of aromatic nitrogens is 2. The molecule has 0 atom stereocenters. The molecule has 0 aliphatic heterocycles. The van der Waals surface area contributed by atoms with Crippen LogP contribution in [0.2, 0.25) is 0 Å². The zero-order valence-electron chi connectivity index (χ0n) is 13.5. The van der Waals surface area contributed by atoms with Crippen LogP contribution in [0.3, 0.4) is 0 Å². The van der Waals surface area contributed by atoms with Crippen LogP contribution in [0.15, 0.2) is 42.5 Å². The van der Waals surface area contributed by atoms with Gasteiger partial charge in [0.1, 0.15) is 5.75 Å². The molecule has 0 saturated heterocycles. The van der Waals surface area contributed by atoms with Crippen LogP contribution < -0.4 is 4.74 Å². The normalized spacial score (nSPS) is 11.4. The molecule has 0 fully saturated rings. The molecule has 0 unspecified atom stereocenters. The van der Waals surface area contributed by atoms with Gasteiger partial charge in [0, 0.05) is 11.3 Å². The Bertz CT molecular complexity index is 996. The van der Waals surface area contributed by atoms with Crippen molar-refractivity contribution in [3.63, 3.8) is 0 Å². The Morgan fingerprint density at radius 1 is 1.09 bits per heavy atom. The van der Waals surface area contributed by atoms with Crippen LogP contribution >= 0.6 is 11.3 Å². The van der Waals surface area contributed by atoms with E-state index in [1.54, 1.807) is 11.3 Å². The molecule has 2 heterocycles. The molecule has 3 nitrogen and oxygen atoms in total. The quantitative estimate of drug-likeness (QED) is 0.516. The minimum atomic E-state index is 0.684. The Labute approximate surface area is 139 Å². The van der Waals surface area contributed by atoms with Crippen molar-refractivity contribution in [3.8, 4) is 17.0 Å². The zero-order valence-corrected chi connectivity index (χ0v) is 14.3. The number of hydrogen-bond donors (Lipinski definition) is 0. The highest BCUT2D eigenvalue weighted by Crippen LogP contribution is 2.34. The molecule has 4 rings (SSSR count). The van der Waals surface area contributed by atoms with Gasteiger partial charge in [-0.1, -0.05) is 23.5 Å². The first-order valence-corrected chi connectivity index (χ1v) is 8.61. The maximum Gasteiger partial charge on any atom is 0.195 e. The van der Waals surface area contributed by atoms with Crippen molar-refractivity contribution in [1.29, 1.82) is 0 Å². The molecule has 2 aromatic heterocycles. The Balaban J connectivity index is 1.89. The lowest BCUT2D eigenvalue weighted by molar-refractivity contribution is 0.340. The summed E-state index contributed by atoms with van der Waals surface area (Å²) < 4.78 is 9.09. The van der Waals surface area contributed by atoms with Crippen LogP contribution in [-0.4, -0.2) is 16.0 Å². The minimum absolute atomic E-state index is 0.684. The molecule has 116 valence electrons. The van der Waals surface area contributed by atoms with Crippen molar-refractivity contribution in [2.24, 2.45) is 0 Å². The molecule has 0 spiro atoms. The summed E-state index contributed by atoms with van der Waals surface area (Å²) in [5.41, 5.74) is 5.92. The van der Waals surface area contributed by atoms with Gasteiger partial charge in [0.15, 0.2) is 4.96 Å². The number of para-hydroxylation sites is 1. The number of aryl methyl sites for hydroxylation is 2. The largest absolute Gasteiger partial charge is 0.494 e. The molecule has 0 aliphatic carbocycles. The van der Waals surface area contributed by atoms with Crippen molar-refractivity contribution < 1.29 is 4.74 Å². The number of hydrogen-bond acceptors (Lipinski definition) is 3. The summed E-state index contributed by atoms with van der Waals surface area (Å²) in [6, 6.07) is 14.6. The summed E-state index contributed by atoms with van der Waals surface area (Å²) in [5.74, 6) is 0.899. The smallest absolute Gasteiger partial charge is 0.195 e. The van der Waals surface area contributed by atoms with Crippen LogP contribution in [0.4, 0.5) is 0 Å². The maximum atomic E-state index is 5.52. The molecule has 0 saturated carbocycles. The van der Waals surface area contributed by atoms with Gasteiger partial charge in [-0.2, -0.15) is 0 Å². The molecule has 0 radical (unpaired) electrons. The lowest BCUT2D eigenvalue weighted by atomic mass is 10.1. The molecule has 0 N–H and O–H groups in total. The summed E-state index contributed by atoms with van der Waals surface area (Å²) in [7, 11) is 0. The second-order valence-electron chi connectivity index (χ2n) is 5.64. The molecule has 2 aromatic carbocycles. The highest BCUT2D eigenvalue weighted by Gasteiger charge is 2.16. The third-order valence-electron chi connectivity index (χ3n) is 4.14. The molecular weight excluding hydrogens is 304 g/mol. The van der Waals surface area contributed by atoms with E-state index in [0.29, 0.717) is 6.61 Å². The number of fused-ring (bicyclic) bond motifs is 3. The first kappa shape index (κ1) is 14.3. The molecule has 0 bridgehead atoms. The van der Waals surface area contributed by atoms with Crippen molar-refractivity contribution in [1.82, 2.24) is 9.38 Å². The summed E-state index contributed by atoms with van der Waals surface area (Å²) in [6.45, 7) is 6.98. The number of benzene rings is 2. The molecule has 23 heavy (non-hydrogen) atoms. The van der Waals surface area contributed by atoms with Gasteiger partial charge < -0.3 is 4.74 Å². The second-order valence-corrected chi connectivity index (χ2v) is 6.65. The molecule has 0 aliphatic rings. The van der Waals surface area contributed by atoms with E-state index in [0.717, 1.165) is 22.0 Å². The average molecular weight is 322 g/mol. The fourth-order valence-electron chi connectivity index (χ4n) is 3.06. The highest BCUT2D eigenvalue weighted by atomic mass is 32.1. The van der Waals surface area contributed by atoms with E-state index in [-0.39, 0.29) is 0 Å². The van der Waals surface area contributed by atoms with Gasteiger partial charge in [0.05, 0.1) is 22.5 Å². The van der Waals surface area contributed by atoms with E-state index in [2.05, 4.69) is 48.6 Å². The number of rotatable bonds is 3. The van der Waals surface area contributed by atoms with Gasteiger partial charge >= 0.3 is 0 Å². The highest BCUT2D eigenvalue weighted by molar-refractivity contribution is 7.23. The van der Waals surface area contributed by atoms with E-state index in [1.165, 1.54) is 21.5 Å². The Kier molecular flexibility index (Phi) is 3.34. The van der Waals surface area contributed by atoms with Crippen molar-refractivity contribution in [2.75, 3.05) is 6.61 Å². The van der Waals surface area contributed by atoms with Crippen molar-refractivity contribution in [2.45, 2.75) is 20.8 Å². The summed E-state index contributed by atoms with van der Waals surface area (Å²) in [4.78, 5) is 5.93. The number of nitrogens with zero attached hydrogens (tertiary/aromatic N) is 2. The van der Waals surface area contributed by atoms with Gasteiger partial charge in [-0.05, 0) is 56.7 Å². The average Bonchev–Trinajstić information content (AvgIpc) is 3.06. The van der Waals surface area contributed by atoms with Gasteiger partial charge in [0.25, 0.3) is 0 Å². The number of ether oxygens (including phenoxy) is 1. The maximum absolute atomic E-state index is 5.52. The lowest BCUT2D eigenvalue weighted by Gasteiger charge is -2.05. The standard InChI is InChI=1S/C19H18N2OS/c1-4-22-15-10-8-14(9-11-15)17-13(3)21-18-12(2)6-5-7-16(18)23-19(21)20-17/h5-11H,4H2,1-3H3. The number of imidazole rings is 1. The van der Waals surface area contributed by atoms with Crippen LogP contribution in [0, 0.1) is 13.8 Å². The fourth-order valence-corrected chi connectivity index (χ4v) is 4.20. The van der Waals surface area contributed by atoms with E-state index < -0.39 is 0 Å². The summed E-state index contributed by atoms with van der Waals surface area (Å²) in [5, 5.41) is 0. The van der Waals surface area contributed by atoms with Crippen LogP contribution in [0.25, 0.3) is 26.4 Å². The van der Waals surface area contributed by atoms with Gasteiger partial charge in [-0.3, -0.25) is 4.40 Å². The third kappa shape index (κ3) is 2.21. The predicted octanol–water partition coefficient (Wildman–Crippen LogP) is 5.23. The van der Waals surface area contributed by atoms with Gasteiger partial charge in [0.2, 0.25) is 0 Å². The second kappa shape index (κ2) is 5.39. The number of thiazole rings is 1. The Morgan fingerprint density at radius 2 is 1.87 bits per heavy atom. The van der Waals surface area contributed by atoms with Crippen LogP contribution in [-0.2, 0) is 0 Å². The topological polar surface area (TPSA) is 26.5 Å². The zero-order chi connectivity index (χ0) is 16.0. The van der Waals surface area contributed by atoms with Gasteiger partial charge in [-0.15, -0.1) is 0 Å². The SMILES string of the molecule is CCOc1ccc(-c2nc3sc4cccc(C)c4n3c2C)cc1. The van der Waals surface area contributed by atoms with E-state index in [1.807, 2.05) is 19.1 Å². The Hall–Kier alpha value is -2.33.